The van der Waals surface area contributed by atoms with Gasteiger partial charge in [-0.25, -0.2) is 4.68 Å². The molecular formula is C23H27N3O6S. The standard InChI is InChI=1S/C23H27N3O6S/c1-27-17-8-14-6-7-25(12-16(14)11-18(17)28-2)13-26-23(33)32-22(24-26)15-9-19(29-3)21(31-5)20(10-15)30-4/h8-11H,6-7,12-13H2,1-5H3. The van der Waals surface area contributed by atoms with E-state index in [2.05, 4.69) is 16.1 Å². The van der Waals surface area contributed by atoms with Gasteiger partial charge in [-0.05, 0) is 54.0 Å². The van der Waals surface area contributed by atoms with Crippen molar-refractivity contribution in [2.24, 2.45) is 0 Å². The van der Waals surface area contributed by atoms with E-state index in [-0.39, 0.29) is 4.84 Å². The van der Waals surface area contributed by atoms with Crippen molar-refractivity contribution in [3.63, 3.8) is 0 Å². The summed E-state index contributed by atoms with van der Waals surface area (Å²) in [5.41, 5.74) is 3.12. The van der Waals surface area contributed by atoms with Crippen LogP contribution in [0.25, 0.3) is 11.5 Å². The van der Waals surface area contributed by atoms with Gasteiger partial charge >= 0.3 is 0 Å². The van der Waals surface area contributed by atoms with Crippen LogP contribution in [0, 0.1) is 4.84 Å². The number of ether oxygens (including phenoxy) is 5. The number of aromatic nitrogens is 2. The largest absolute Gasteiger partial charge is 0.493 e. The van der Waals surface area contributed by atoms with Gasteiger partial charge in [0.15, 0.2) is 23.0 Å². The van der Waals surface area contributed by atoms with Crippen LogP contribution in [0.4, 0.5) is 0 Å². The number of nitrogens with zero attached hydrogens (tertiary/aromatic N) is 3. The molecule has 2 heterocycles. The van der Waals surface area contributed by atoms with Crippen LogP contribution in [-0.4, -0.2) is 56.8 Å². The highest BCUT2D eigenvalue weighted by molar-refractivity contribution is 7.71. The Labute approximate surface area is 197 Å². The molecule has 0 spiro atoms. The minimum absolute atomic E-state index is 0.289. The molecule has 1 aliphatic heterocycles. The molecule has 0 radical (unpaired) electrons. The lowest BCUT2D eigenvalue weighted by atomic mass is 9.99. The van der Waals surface area contributed by atoms with Gasteiger partial charge in [0.1, 0.15) is 0 Å². The lowest BCUT2D eigenvalue weighted by molar-refractivity contribution is 0.185. The van der Waals surface area contributed by atoms with Gasteiger partial charge in [-0.3, -0.25) is 4.90 Å². The first-order valence-corrected chi connectivity index (χ1v) is 10.8. The predicted octanol–water partition coefficient (Wildman–Crippen LogP) is 3.93. The lowest BCUT2D eigenvalue weighted by Crippen LogP contribution is -2.32. The Bertz CT molecular complexity index is 1180. The van der Waals surface area contributed by atoms with E-state index in [1.54, 1.807) is 52.4 Å². The summed E-state index contributed by atoms with van der Waals surface area (Å²) in [4.78, 5) is 2.54. The van der Waals surface area contributed by atoms with Crippen LogP contribution in [0.2, 0.25) is 0 Å². The fraction of sp³-hybridized carbons (Fsp3) is 0.391. The van der Waals surface area contributed by atoms with Crippen LogP contribution in [0.3, 0.4) is 0 Å². The van der Waals surface area contributed by atoms with Gasteiger partial charge in [0, 0.05) is 18.7 Å². The molecule has 9 nitrogen and oxygen atoms in total. The zero-order chi connectivity index (χ0) is 23.5. The molecule has 0 atom stereocenters. The Balaban J connectivity index is 1.58. The minimum Gasteiger partial charge on any atom is -0.493 e. The average molecular weight is 474 g/mol. The summed E-state index contributed by atoms with van der Waals surface area (Å²) >= 11 is 5.45. The second kappa shape index (κ2) is 9.72. The molecule has 33 heavy (non-hydrogen) atoms. The van der Waals surface area contributed by atoms with Crippen LogP contribution in [-0.2, 0) is 19.6 Å². The second-order valence-electron chi connectivity index (χ2n) is 7.51. The van der Waals surface area contributed by atoms with Gasteiger partial charge in [-0.2, -0.15) is 0 Å². The van der Waals surface area contributed by atoms with Crippen LogP contribution >= 0.6 is 12.2 Å². The molecule has 0 fully saturated rings. The molecule has 1 aliphatic rings. The maximum atomic E-state index is 5.80. The summed E-state index contributed by atoms with van der Waals surface area (Å²) < 4.78 is 34.6. The van der Waals surface area contributed by atoms with Gasteiger partial charge in [-0.15, -0.1) is 5.10 Å². The minimum atomic E-state index is 0.289. The van der Waals surface area contributed by atoms with Crippen molar-refractivity contribution >= 4 is 12.2 Å². The molecule has 3 aromatic rings. The maximum Gasteiger partial charge on any atom is 0.288 e. The monoisotopic (exact) mass is 473 g/mol. The molecule has 0 unspecified atom stereocenters. The summed E-state index contributed by atoms with van der Waals surface area (Å²) in [5.74, 6) is 3.38. The van der Waals surface area contributed by atoms with Crippen molar-refractivity contribution in [2.75, 3.05) is 42.1 Å². The molecule has 1 aromatic heterocycles. The number of hydrogen-bond donors (Lipinski definition) is 0. The summed E-state index contributed by atoms with van der Waals surface area (Å²) in [6, 6.07) is 7.64. The number of rotatable bonds is 8. The fourth-order valence-corrected chi connectivity index (χ4v) is 4.15. The summed E-state index contributed by atoms with van der Waals surface area (Å²) in [6.07, 6.45) is 0.889. The van der Waals surface area contributed by atoms with Crippen LogP contribution < -0.4 is 23.7 Å². The molecule has 0 bridgehead atoms. The second-order valence-corrected chi connectivity index (χ2v) is 7.86. The van der Waals surface area contributed by atoms with Crippen molar-refractivity contribution < 1.29 is 28.1 Å². The number of hydrogen-bond acceptors (Lipinski definition) is 9. The van der Waals surface area contributed by atoms with E-state index in [0.717, 1.165) is 31.0 Å². The summed E-state index contributed by atoms with van der Waals surface area (Å²) in [6.45, 7) is 2.10. The maximum absolute atomic E-state index is 5.80. The van der Waals surface area contributed by atoms with E-state index < -0.39 is 0 Å². The fourth-order valence-electron chi connectivity index (χ4n) is 3.97. The van der Waals surface area contributed by atoms with E-state index in [0.29, 0.717) is 35.4 Å². The molecule has 10 heteroatoms. The summed E-state index contributed by atoms with van der Waals surface area (Å²) in [7, 11) is 7.98. The molecule has 4 rings (SSSR count). The van der Waals surface area contributed by atoms with Crippen LogP contribution in [0.5, 0.6) is 28.7 Å². The summed E-state index contributed by atoms with van der Waals surface area (Å²) in [5, 5.41) is 4.61. The first kappa shape index (κ1) is 22.9. The molecular weight excluding hydrogens is 446 g/mol. The molecule has 0 aliphatic carbocycles. The average Bonchev–Trinajstić information content (AvgIpc) is 3.21. The quantitative estimate of drug-likeness (QED) is 0.452. The third-order valence-corrected chi connectivity index (χ3v) is 5.94. The predicted molar refractivity (Wildman–Crippen MR) is 124 cm³/mol. The Morgan fingerprint density at radius 2 is 1.45 bits per heavy atom. The van der Waals surface area contributed by atoms with Crippen molar-refractivity contribution in [1.82, 2.24) is 14.7 Å². The molecule has 0 N–H and O–H groups in total. The van der Waals surface area contributed by atoms with Gasteiger partial charge < -0.3 is 28.1 Å². The van der Waals surface area contributed by atoms with E-state index in [9.17, 15) is 0 Å². The Hall–Kier alpha value is -3.24. The lowest BCUT2D eigenvalue weighted by Gasteiger charge is -2.29. The Morgan fingerprint density at radius 1 is 0.848 bits per heavy atom. The first-order valence-electron chi connectivity index (χ1n) is 10.4. The molecule has 0 amide bonds. The molecule has 0 saturated heterocycles. The van der Waals surface area contributed by atoms with Crippen molar-refractivity contribution in [1.29, 1.82) is 0 Å². The number of benzene rings is 2. The topological polar surface area (TPSA) is 80.4 Å². The van der Waals surface area contributed by atoms with Gasteiger partial charge in [0.25, 0.3) is 4.84 Å². The zero-order valence-corrected chi connectivity index (χ0v) is 20.2. The Kier molecular flexibility index (Phi) is 6.75. The van der Waals surface area contributed by atoms with E-state index in [1.807, 2.05) is 6.07 Å². The van der Waals surface area contributed by atoms with E-state index in [1.165, 1.54) is 11.1 Å². The highest BCUT2D eigenvalue weighted by atomic mass is 32.1. The van der Waals surface area contributed by atoms with Gasteiger partial charge in [0.2, 0.25) is 11.6 Å². The van der Waals surface area contributed by atoms with Gasteiger partial charge in [0.05, 0.1) is 42.2 Å². The SMILES string of the molecule is COc1cc2c(cc1OC)CN(Cn1nc(-c3cc(OC)c(OC)c(OC)c3)oc1=S)CC2. The van der Waals surface area contributed by atoms with Crippen LogP contribution in [0.15, 0.2) is 28.7 Å². The van der Waals surface area contributed by atoms with E-state index in [4.69, 9.17) is 40.3 Å². The molecule has 0 saturated carbocycles. The smallest absolute Gasteiger partial charge is 0.288 e. The van der Waals surface area contributed by atoms with Crippen LogP contribution in [0.1, 0.15) is 11.1 Å². The van der Waals surface area contributed by atoms with Gasteiger partial charge in [-0.1, -0.05) is 0 Å². The number of fused-ring (bicyclic) bond motifs is 1. The van der Waals surface area contributed by atoms with Crippen molar-refractivity contribution in [3.05, 3.63) is 40.2 Å². The van der Waals surface area contributed by atoms with E-state index >= 15 is 0 Å². The highest BCUT2D eigenvalue weighted by Crippen LogP contribution is 2.41. The molecule has 2 aromatic carbocycles. The van der Waals surface area contributed by atoms with Crippen molar-refractivity contribution in [3.8, 4) is 40.2 Å². The van der Waals surface area contributed by atoms with Crippen molar-refractivity contribution in [2.45, 2.75) is 19.6 Å². The number of methoxy groups -OCH3 is 5. The first-order chi connectivity index (χ1) is 16.0. The Morgan fingerprint density at radius 3 is 2.03 bits per heavy atom. The third-order valence-electron chi connectivity index (χ3n) is 5.65. The molecule has 176 valence electrons. The highest BCUT2D eigenvalue weighted by Gasteiger charge is 2.22. The zero-order valence-electron chi connectivity index (χ0n) is 19.3. The normalized spacial score (nSPS) is 13.4. The third kappa shape index (κ3) is 4.49.